The van der Waals surface area contributed by atoms with E-state index in [-0.39, 0.29) is 13.1 Å². The molecule has 0 bridgehead atoms. The first-order valence-corrected chi connectivity index (χ1v) is 10.9. The van der Waals surface area contributed by atoms with E-state index < -0.39 is 29.6 Å². The molecule has 34 heavy (non-hydrogen) atoms. The van der Waals surface area contributed by atoms with Gasteiger partial charge in [0.15, 0.2) is 0 Å². The number of amides is 3. The summed E-state index contributed by atoms with van der Waals surface area (Å²) in [5.74, 6) is 2.34. The van der Waals surface area contributed by atoms with E-state index in [2.05, 4.69) is 16.6 Å². The lowest BCUT2D eigenvalue weighted by atomic mass is 10.0. The first kappa shape index (κ1) is 26.3. The summed E-state index contributed by atoms with van der Waals surface area (Å²) in [5, 5.41) is 5.30. The van der Waals surface area contributed by atoms with Crippen molar-refractivity contribution in [3.05, 3.63) is 59.7 Å². The number of nitrogens with one attached hydrogen (secondary N) is 2. The second-order valence-electron chi connectivity index (χ2n) is 8.42. The van der Waals surface area contributed by atoms with Crippen LogP contribution in [-0.2, 0) is 14.3 Å². The van der Waals surface area contributed by atoms with Gasteiger partial charge in [-0.1, -0.05) is 18.1 Å². The Morgan fingerprint density at radius 1 is 1.06 bits per heavy atom. The Bertz CT molecular complexity index is 1030. The van der Waals surface area contributed by atoms with Crippen molar-refractivity contribution in [2.45, 2.75) is 39.3 Å². The molecule has 0 aliphatic rings. The van der Waals surface area contributed by atoms with Gasteiger partial charge in [-0.2, -0.15) is 0 Å². The standard InChI is InChI=1S/C26H31N3O5/c1-7-18-9-11-19(12-10-18)23(24(31)28-20-13-15-21(33-6)16-14-20)29(8-2)22(30)17-27-25(32)34-26(3,4)5/h1,9-16,23H,8,17H2,2-6H3,(H,27,32)(H,28,31). The maximum Gasteiger partial charge on any atom is 0.408 e. The number of benzene rings is 2. The quantitative estimate of drug-likeness (QED) is 0.579. The van der Waals surface area contributed by atoms with Crippen molar-refractivity contribution in [3.63, 3.8) is 0 Å². The fourth-order valence-electron chi connectivity index (χ4n) is 3.19. The van der Waals surface area contributed by atoms with Crippen LogP contribution in [0.15, 0.2) is 48.5 Å². The van der Waals surface area contributed by atoms with Crippen molar-refractivity contribution in [1.29, 1.82) is 0 Å². The molecule has 0 radical (unpaired) electrons. The SMILES string of the molecule is C#Cc1ccc(C(C(=O)Nc2ccc(OC)cc2)N(CC)C(=O)CNC(=O)OC(C)(C)C)cc1. The van der Waals surface area contributed by atoms with Crippen LogP contribution in [0.4, 0.5) is 10.5 Å². The summed E-state index contributed by atoms with van der Waals surface area (Å²) in [7, 11) is 1.56. The summed E-state index contributed by atoms with van der Waals surface area (Å²) >= 11 is 0. The number of nitrogens with zero attached hydrogens (tertiary/aromatic N) is 1. The van der Waals surface area contributed by atoms with Crippen LogP contribution in [0.25, 0.3) is 0 Å². The minimum Gasteiger partial charge on any atom is -0.497 e. The number of carbonyl (C=O) groups is 3. The summed E-state index contributed by atoms with van der Waals surface area (Å²) in [6.45, 7) is 6.85. The molecule has 2 N–H and O–H groups in total. The largest absolute Gasteiger partial charge is 0.497 e. The summed E-state index contributed by atoms with van der Waals surface area (Å²) in [4.78, 5) is 39.8. The van der Waals surface area contributed by atoms with Gasteiger partial charge in [0, 0.05) is 17.8 Å². The average molecular weight is 466 g/mol. The summed E-state index contributed by atoms with van der Waals surface area (Å²) in [6, 6.07) is 12.7. The van der Waals surface area contributed by atoms with Gasteiger partial charge in [-0.05, 0) is 69.7 Å². The van der Waals surface area contributed by atoms with Gasteiger partial charge >= 0.3 is 6.09 Å². The molecule has 1 atom stereocenters. The molecule has 0 saturated carbocycles. The van der Waals surface area contributed by atoms with E-state index in [0.717, 1.165) is 0 Å². The Hall–Kier alpha value is -3.99. The number of carbonyl (C=O) groups excluding carboxylic acids is 3. The van der Waals surface area contributed by atoms with E-state index in [1.54, 1.807) is 83.3 Å². The molecule has 0 aromatic heterocycles. The molecule has 3 amide bonds. The van der Waals surface area contributed by atoms with Crippen molar-refractivity contribution in [2.75, 3.05) is 25.5 Å². The third-order valence-electron chi connectivity index (χ3n) is 4.75. The Balaban J connectivity index is 2.28. The van der Waals surface area contributed by atoms with Crippen molar-refractivity contribution in [2.24, 2.45) is 0 Å². The van der Waals surface area contributed by atoms with E-state index in [4.69, 9.17) is 15.9 Å². The van der Waals surface area contributed by atoms with Gasteiger partial charge in [0.05, 0.1) is 7.11 Å². The van der Waals surface area contributed by atoms with E-state index in [0.29, 0.717) is 22.6 Å². The molecule has 8 nitrogen and oxygen atoms in total. The minimum absolute atomic E-state index is 0.229. The number of alkyl carbamates (subject to hydrolysis) is 1. The van der Waals surface area contributed by atoms with E-state index in [1.807, 2.05) is 0 Å². The Morgan fingerprint density at radius 2 is 1.68 bits per heavy atom. The lowest BCUT2D eigenvalue weighted by Gasteiger charge is -2.30. The zero-order valence-corrected chi connectivity index (χ0v) is 20.2. The van der Waals surface area contributed by atoms with E-state index in [1.165, 1.54) is 4.90 Å². The molecule has 180 valence electrons. The van der Waals surface area contributed by atoms with Gasteiger partial charge in [0.1, 0.15) is 23.9 Å². The van der Waals surface area contributed by atoms with Gasteiger partial charge in [0.25, 0.3) is 5.91 Å². The lowest BCUT2D eigenvalue weighted by Crippen LogP contribution is -2.46. The van der Waals surface area contributed by atoms with Gasteiger partial charge < -0.3 is 25.0 Å². The molecule has 0 saturated heterocycles. The zero-order valence-electron chi connectivity index (χ0n) is 20.2. The van der Waals surface area contributed by atoms with Gasteiger partial charge in [-0.25, -0.2) is 4.79 Å². The molecule has 0 fully saturated rings. The van der Waals surface area contributed by atoms with Crippen LogP contribution in [0.3, 0.4) is 0 Å². The number of methoxy groups -OCH3 is 1. The number of likely N-dealkylation sites (N-methyl/N-ethyl adjacent to an activating group) is 1. The third-order valence-corrected chi connectivity index (χ3v) is 4.75. The van der Waals surface area contributed by atoms with Gasteiger partial charge in [-0.15, -0.1) is 6.42 Å². The summed E-state index contributed by atoms with van der Waals surface area (Å²) in [5.41, 5.74) is 1.08. The number of hydrogen-bond acceptors (Lipinski definition) is 5. The van der Waals surface area contributed by atoms with Crippen LogP contribution < -0.4 is 15.4 Å². The minimum atomic E-state index is -0.952. The Kier molecular flexibility index (Phi) is 9.08. The molecule has 1 unspecified atom stereocenters. The maximum absolute atomic E-state index is 13.4. The predicted molar refractivity (Wildman–Crippen MR) is 130 cm³/mol. The predicted octanol–water partition coefficient (Wildman–Crippen LogP) is 3.73. The second kappa shape index (κ2) is 11.8. The molecule has 2 aromatic rings. The maximum atomic E-state index is 13.4. The number of hydrogen-bond donors (Lipinski definition) is 2. The highest BCUT2D eigenvalue weighted by Gasteiger charge is 2.31. The molecule has 0 aliphatic carbocycles. The topological polar surface area (TPSA) is 97.0 Å². The van der Waals surface area contributed by atoms with Crippen LogP contribution in [0.5, 0.6) is 5.75 Å². The Morgan fingerprint density at radius 3 is 2.18 bits per heavy atom. The van der Waals surface area contributed by atoms with Crippen molar-refractivity contribution in [3.8, 4) is 18.1 Å². The molecule has 2 rings (SSSR count). The van der Waals surface area contributed by atoms with Crippen molar-refractivity contribution < 1.29 is 23.9 Å². The molecule has 0 aliphatic heterocycles. The molecule has 8 heteroatoms. The molecular formula is C26H31N3O5. The van der Waals surface area contributed by atoms with Crippen LogP contribution >= 0.6 is 0 Å². The Labute approximate surface area is 200 Å². The average Bonchev–Trinajstić information content (AvgIpc) is 2.80. The molecule has 0 heterocycles. The normalized spacial score (nSPS) is 11.5. The first-order chi connectivity index (χ1) is 16.1. The second-order valence-corrected chi connectivity index (χ2v) is 8.42. The number of terminal acetylenes is 1. The van der Waals surface area contributed by atoms with Gasteiger partial charge in [-0.3, -0.25) is 9.59 Å². The highest BCUT2D eigenvalue weighted by atomic mass is 16.6. The summed E-state index contributed by atoms with van der Waals surface area (Å²) < 4.78 is 10.3. The number of rotatable bonds is 8. The van der Waals surface area contributed by atoms with Crippen molar-refractivity contribution >= 4 is 23.6 Å². The van der Waals surface area contributed by atoms with E-state index >= 15 is 0 Å². The molecular weight excluding hydrogens is 434 g/mol. The van der Waals surface area contributed by atoms with E-state index in [9.17, 15) is 14.4 Å². The highest BCUT2D eigenvalue weighted by Crippen LogP contribution is 2.24. The zero-order chi connectivity index (χ0) is 25.3. The van der Waals surface area contributed by atoms with Gasteiger partial charge in [0.2, 0.25) is 5.91 Å². The molecule has 2 aromatic carbocycles. The lowest BCUT2D eigenvalue weighted by molar-refractivity contribution is -0.138. The monoisotopic (exact) mass is 465 g/mol. The van der Waals surface area contributed by atoms with Crippen LogP contribution in [0, 0.1) is 12.3 Å². The molecule has 0 spiro atoms. The first-order valence-electron chi connectivity index (χ1n) is 10.9. The van der Waals surface area contributed by atoms with Crippen molar-refractivity contribution in [1.82, 2.24) is 10.2 Å². The summed E-state index contributed by atoms with van der Waals surface area (Å²) in [6.07, 6.45) is 4.74. The fraction of sp³-hybridized carbons (Fsp3) is 0.346. The number of ether oxygens (including phenoxy) is 2. The van der Waals surface area contributed by atoms with Crippen LogP contribution in [0.1, 0.15) is 44.9 Å². The number of anilines is 1. The smallest absolute Gasteiger partial charge is 0.408 e. The highest BCUT2D eigenvalue weighted by molar-refractivity contribution is 5.98. The third kappa shape index (κ3) is 7.55. The fourth-order valence-corrected chi connectivity index (χ4v) is 3.19. The van der Waals surface area contributed by atoms with Crippen LogP contribution in [0.2, 0.25) is 0 Å². The van der Waals surface area contributed by atoms with Crippen LogP contribution in [-0.4, -0.2) is 48.6 Å².